The number of hydrogen-bond acceptors (Lipinski definition) is 4. The Morgan fingerprint density at radius 3 is 2.75 bits per heavy atom. The molecule has 0 radical (unpaired) electrons. The number of fused-ring (bicyclic) bond motifs is 1. The molecule has 1 aromatic carbocycles. The van der Waals surface area contributed by atoms with Gasteiger partial charge in [0, 0.05) is 38.5 Å². The second kappa shape index (κ2) is 6.38. The zero-order valence-corrected chi connectivity index (χ0v) is 14.2. The van der Waals surface area contributed by atoms with Crippen LogP contribution in [-0.2, 0) is 4.79 Å². The van der Waals surface area contributed by atoms with Gasteiger partial charge in [-0.15, -0.1) is 0 Å². The lowest BCUT2D eigenvalue weighted by Gasteiger charge is -2.25. The minimum absolute atomic E-state index is 0.338. The minimum atomic E-state index is 0.338. The van der Waals surface area contributed by atoms with Crippen molar-refractivity contribution in [1.29, 1.82) is 0 Å². The quantitative estimate of drug-likeness (QED) is 0.868. The monoisotopic (exact) mass is 324 g/mol. The fourth-order valence-corrected chi connectivity index (χ4v) is 4.11. The number of para-hydroxylation sites is 2. The number of nitrogens with zero attached hydrogens (tertiary/aromatic N) is 4. The van der Waals surface area contributed by atoms with Gasteiger partial charge in [0.05, 0.1) is 17.2 Å². The third-order valence-corrected chi connectivity index (χ3v) is 5.36. The molecule has 0 bridgehead atoms. The molecule has 1 saturated heterocycles. The van der Waals surface area contributed by atoms with Crippen LogP contribution in [0.3, 0.4) is 0 Å². The highest BCUT2D eigenvalue weighted by atomic mass is 16.2. The van der Waals surface area contributed by atoms with Gasteiger partial charge in [0.1, 0.15) is 5.82 Å². The first-order chi connectivity index (χ1) is 11.7. The molecule has 4 rings (SSSR count). The second-order valence-electron chi connectivity index (χ2n) is 7.15. The van der Waals surface area contributed by atoms with Crippen molar-refractivity contribution in [2.24, 2.45) is 5.92 Å². The molecule has 1 unspecified atom stereocenters. The van der Waals surface area contributed by atoms with Crippen LogP contribution in [0.5, 0.6) is 0 Å². The van der Waals surface area contributed by atoms with Gasteiger partial charge >= 0.3 is 0 Å². The molecule has 1 aromatic heterocycles. The SMILES string of the molecule is CN(CC1CC(=O)N(C2CCCC2)C1)c1cnc2ccccc2n1. The summed E-state index contributed by atoms with van der Waals surface area (Å²) < 4.78 is 0. The van der Waals surface area contributed by atoms with Crippen molar-refractivity contribution in [1.82, 2.24) is 14.9 Å². The van der Waals surface area contributed by atoms with E-state index in [2.05, 4.69) is 14.8 Å². The topological polar surface area (TPSA) is 49.3 Å². The van der Waals surface area contributed by atoms with Crippen LogP contribution in [0.1, 0.15) is 32.1 Å². The van der Waals surface area contributed by atoms with Crippen LogP contribution in [-0.4, -0.2) is 47.0 Å². The van der Waals surface area contributed by atoms with Gasteiger partial charge in [0.2, 0.25) is 5.91 Å². The summed E-state index contributed by atoms with van der Waals surface area (Å²) in [4.78, 5) is 25.8. The molecule has 2 fully saturated rings. The highest BCUT2D eigenvalue weighted by Gasteiger charge is 2.35. The van der Waals surface area contributed by atoms with E-state index in [4.69, 9.17) is 4.98 Å². The molecule has 1 atom stereocenters. The first-order valence-electron chi connectivity index (χ1n) is 8.93. The van der Waals surface area contributed by atoms with E-state index in [1.165, 1.54) is 25.7 Å². The number of carbonyl (C=O) groups excluding carboxylic acids is 1. The van der Waals surface area contributed by atoms with E-state index in [0.717, 1.165) is 29.9 Å². The number of aromatic nitrogens is 2. The molecule has 1 amide bonds. The number of benzene rings is 1. The summed E-state index contributed by atoms with van der Waals surface area (Å²) in [6.45, 7) is 1.75. The van der Waals surface area contributed by atoms with Crippen molar-refractivity contribution in [3.05, 3.63) is 30.5 Å². The summed E-state index contributed by atoms with van der Waals surface area (Å²) in [7, 11) is 2.04. The number of hydrogen-bond donors (Lipinski definition) is 0. The maximum absolute atomic E-state index is 12.3. The number of likely N-dealkylation sites (tertiary alicyclic amines) is 1. The van der Waals surface area contributed by atoms with Crippen LogP contribution < -0.4 is 4.90 Å². The van der Waals surface area contributed by atoms with Gasteiger partial charge in [-0.2, -0.15) is 0 Å². The lowest BCUT2D eigenvalue weighted by atomic mass is 10.1. The summed E-state index contributed by atoms with van der Waals surface area (Å²) in [5.74, 6) is 1.60. The smallest absolute Gasteiger partial charge is 0.223 e. The van der Waals surface area contributed by atoms with Gasteiger partial charge in [-0.3, -0.25) is 9.78 Å². The average Bonchev–Trinajstić information content (AvgIpc) is 3.24. The van der Waals surface area contributed by atoms with E-state index in [9.17, 15) is 4.79 Å². The van der Waals surface area contributed by atoms with Crippen molar-refractivity contribution in [2.75, 3.05) is 25.0 Å². The summed E-state index contributed by atoms with van der Waals surface area (Å²) in [5.41, 5.74) is 1.83. The van der Waals surface area contributed by atoms with Crippen LogP contribution in [0.15, 0.2) is 30.5 Å². The molecule has 1 aliphatic carbocycles. The summed E-state index contributed by atoms with van der Waals surface area (Å²) in [6, 6.07) is 8.41. The molecule has 126 valence electrons. The highest BCUT2D eigenvalue weighted by molar-refractivity contribution is 5.79. The summed E-state index contributed by atoms with van der Waals surface area (Å²) in [6.07, 6.45) is 7.40. The van der Waals surface area contributed by atoms with E-state index in [-0.39, 0.29) is 0 Å². The number of anilines is 1. The van der Waals surface area contributed by atoms with Gasteiger partial charge in [-0.05, 0) is 25.0 Å². The fourth-order valence-electron chi connectivity index (χ4n) is 4.11. The molecule has 2 heterocycles. The predicted octanol–water partition coefficient (Wildman–Crippen LogP) is 2.86. The Labute approximate surface area is 142 Å². The maximum atomic E-state index is 12.3. The van der Waals surface area contributed by atoms with Crippen molar-refractivity contribution >= 4 is 22.8 Å². The molecule has 1 saturated carbocycles. The molecular formula is C19H24N4O. The fraction of sp³-hybridized carbons (Fsp3) is 0.526. The first-order valence-corrected chi connectivity index (χ1v) is 8.93. The van der Waals surface area contributed by atoms with E-state index in [1.54, 1.807) is 0 Å². The molecule has 5 nitrogen and oxygen atoms in total. The van der Waals surface area contributed by atoms with Crippen molar-refractivity contribution in [3.8, 4) is 0 Å². The standard InChI is InChI=1S/C19H24N4O/c1-22(18-11-20-16-8-4-5-9-17(16)21-18)12-14-10-19(24)23(13-14)15-6-2-3-7-15/h4-5,8-9,11,14-15H,2-3,6-7,10,12-13H2,1H3. The first kappa shape index (κ1) is 15.4. The molecule has 24 heavy (non-hydrogen) atoms. The van der Waals surface area contributed by atoms with Crippen LogP contribution in [0.25, 0.3) is 11.0 Å². The van der Waals surface area contributed by atoms with Crippen LogP contribution in [0.2, 0.25) is 0 Å². The van der Waals surface area contributed by atoms with Gasteiger partial charge in [0.25, 0.3) is 0 Å². The lowest BCUT2D eigenvalue weighted by Crippen LogP contribution is -2.35. The van der Waals surface area contributed by atoms with E-state index >= 15 is 0 Å². The highest BCUT2D eigenvalue weighted by Crippen LogP contribution is 2.30. The van der Waals surface area contributed by atoms with E-state index in [1.807, 2.05) is 37.5 Å². The Morgan fingerprint density at radius 1 is 1.21 bits per heavy atom. The van der Waals surface area contributed by atoms with Crippen molar-refractivity contribution in [2.45, 2.75) is 38.1 Å². The Balaban J connectivity index is 1.43. The van der Waals surface area contributed by atoms with Crippen LogP contribution in [0.4, 0.5) is 5.82 Å². The molecule has 2 aromatic rings. The normalized spacial score (nSPS) is 21.8. The Morgan fingerprint density at radius 2 is 1.96 bits per heavy atom. The minimum Gasteiger partial charge on any atom is -0.358 e. The number of amides is 1. The van der Waals surface area contributed by atoms with E-state index < -0.39 is 0 Å². The Bertz CT molecular complexity index is 741. The third kappa shape index (κ3) is 2.95. The van der Waals surface area contributed by atoms with Gasteiger partial charge in [-0.25, -0.2) is 4.98 Å². The largest absolute Gasteiger partial charge is 0.358 e. The lowest BCUT2D eigenvalue weighted by molar-refractivity contribution is -0.129. The predicted molar refractivity (Wildman–Crippen MR) is 94.9 cm³/mol. The Hall–Kier alpha value is -2.17. The van der Waals surface area contributed by atoms with Crippen molar-refractivity contribution in [3.63, 3.8) is 0 Å². The number of rotatable bonds is 4. The van der Waals surface area contributed by atoms with Gasteiger partial charge in [-0.1, -0.05) is 25.0 Å². The van der Waals surface area contributed by atoms with Crippen LogP contribution in [0, 0.1) is 5.92 Å². The molecule has 2 aliphatic rings. The zero-order valence-electron chi connectivity index (χ0n) is 14.2. The molecule has 5 heteroatoms. The van der Waals surface area contributed by atoms with Crippen molar-refractivity contribution < 1.29 is 4.79 Å². The number of carbonyl (C=O) groups is 1. The summed E-state index contributed by atoms with van der Waals surface area (Å²) in [5, 5.41) is 0. The molecule has 0 N–H and O–H groups in total. The Kier molecular flexibility index (Phi) is 4.08. The second-order valence-corrected chi connectivity index (χ2v) is 7.15. The molecular weight excluding hydrogens is 300 g/mol. The van der Waals surface area contributed by atoms with Gasteiger partial charge in [0.15, 0.2) is 0 Å². The summed E-state index contributed by atoms with van der Waals surface area (Å²) >= 11 is 0. The third-order valence-electron chi connectivity index (χ3n) is 5.36. The molecule has 0 spiro atoms. The molecule has 1 aliphatic heterocycles. The zero-order chi connectivity index (χ0) is 16.5. The van der Waals surface area contributed by atoms with Crippen LogP contribution >= 0.6 is 0 Å². The van der Waals surface area contributed by atoms with Gasteiger partial charge < -0.3 is 9.80 Å². The average molecular weight is 324 g/mol. The maximum Gasteiger partial charge on any atom is 0.223 e. The van der Waals surface area contributed by atoms with E-state index in [0.29, 0.717) is 24.3 Å².